The standard InChI is InChI=1S/C15H17NO5S/c17-15(16-8-10-21-11-9-16)14-6-4-13(5-7-14)3-1-2-12-22(18,19)20/h4-7H,2,8-12H2,(H,18,19,20). The number of carbonyl (C=O) groups is 1. The van der Waals surface area contributed by atoms with Gasteiger partial charge in [0, 0.05) is 30.6 Å². The third-order valence-corrected chi connectivity index (χ3v) is 3.87. The Morgan fingerprint density at radius 3 is 2.45 bits per heavy atom. The van der Waals surface area contributed by atoms with Crippen LogP contribution in [0, 0.1) is 11.8 Å². The number of carbonyl (C=O) groups excluding carboxylic acids is 1. The van der Waals surface area contributed by atoms with Crippen molar-refractivity contribution in [2.75, 3.05) is 32.1 Å². The van der Waals surface area contributed by atoms with Crippen LogP contribution in [-0.4, -0.2) is 55.8 Å². The summed E-state index contributed by atoms with van der Waals surface area (Å²) in [6.07, 6.45) is 0.0628. The van der Waals surface area contributed by atoms with Crippen molar-refractivity contribution in [1.82, 2.24) is 4.90 Å². The van der Waals surface area contributed by atoms with E-state index in [2.05, 4.69) is 11.8 Å². The van der Waals surface area contributed by atoms with Crippen LogP contribution in [0.25, 0.3) is 0 Å². The molecule has 1 aliphatic heterocycles. The smallest absolute Gasteiger partial charge is 0.265 e. The molecule has 1 aliphatic rings. The Balaban J connectivity index is 1.95. The average molecular weight is 323 g/mol. The summed E-state index contributed by atoms with van der Waals surface area (Å²) in [5, 5.41) is 0. The summed E-state index contributed by atoms with van der Waals surface area (Å²) in [4.78, 5) is 14.0. The second-order valence-electron chi connectivity index (χ2n) is 4.82. The third kappa shape index (κ3) is 5.15. The van der Waals surface area contributed by atoms with E-state index in [-0.39, 0.29) is 18.1 Å². The Morgan fingerprint density at radius 2 is 1.86 bits per heavy atom. The normalized spacial score (nSPS) is 15.0. The number of ether oxygens (including phenoxy) is 1. The van der Waals surface area contributed by atoms with Crippen molar-refractivity contribution in [3.05, 3.63) is 35.4 Å². The number of nitrogens with zero attached hydrogens (tertiary/aromatic N) is 1. The van der Waals surface area contributed by atoms with Gasteiger partial charge in [-0.05, 0) is 24.3 Å². The topological polar surface area (TPSA) is 83.9 Å². The van der Waals surface area contributed by atoms with Gasteiger partial charge in [-0.2, -0.15) is 8.42 Å². The maximum absolute atomic E-state index is 12.2. The summed E-state index contributed by atoms with van der Waals surface area (Å²) in [5.74, 6) is 5.05. The lowest BCUT2D eigenvalue weighted by atomic mass is 10.1. The van der Waals surface area contributed by atoms with E-state index >= 15 is 0 Å². The molecule has 1 fully saturated rings. The van der Waals surface area contributed by atoms with Gasteiger partial charge < -0.3 is 9.64 Å². The molecule has 0 aliphatic carbocycles. The van der Waals surface area contributed by atoms with Gasteiger partial charge in [-0.25, -0.2) is 0 Å². The first-order valence-corrected chi connectivity index (χ1v) is 8.48. The van der Waals surface area contributed by atoms with Gasteiger partial charge in [-0.3, -0.25) is 9.35 Å². The molecule has 1 aromatic rings. The van der Waals surface area contributed by atoms with E-state index in [4.69, 9.17) is 9.29 Å². The molecule has 1 heterocycles. The van der Waals surface area contributed by atoms with Crippen LogP contribution in [0.15, 0.2) is 24.3 Å². The van der Waals surface area contributed by atoms with Gasteiger partial charge in [0.25, 0.3) is 16.0 Å². The van der Waals surface area contributed by atoms with Gasteiger partial charge in [0.2, 0.25) is 0 Å². The number of morpholine rings is 1. The van der Waals surface area contributed by atoms with Crippen LogP contribution in [0.1, 0.15) is 22.3 Å². The molecule has 6 nitrogen and oxygen atoms in total. The molecular weight excluding hydrogens is 306 g/mol. The van der Waals surface area contributed by atoms with Gasteiger partial charge in [0.05, 0.1) is 19.0 Å². The fourth-order valence-corrected chi connectivity index (χ4v) is 2.35. The molecule has 1 N–H and O–H groups in total. The van der Waals surface area contributed by atoms with Crippen LogP contribution in [-0.2, 0) is 14.9 Å². The van der Waals surface area contributed by atoms with E-state index in [1.54, 1.807) is 29.2 Å². The molecule has 1 saturated heterocycles. The van der Waals surface area contributed by atoms with Crippen molar-refractivity contribution < 1.29 is 22.5 Å². The lowest BCUT2D eigenvalue weighted by molar-refractivity contribution is 0.0303. The van der Waals surface area contributed by atoms with Gasteiger partial charge in [-0.1, -0.05) is 11.8 Å². The van der Waals surface area contributed by atoms with Crippen LogP contribution >= 0.6 is 0 Å². The molecule has 1 amide bonds. The van der Waals surface area contributed by atoms with Crippen LogP contribution in [0.4, 0.5) is 0 Å². The lowest BCUT2D eigenvalue weighted by Crippen LogP contribution is -2.40. The molecule has 0 unspecified atom stereocenters. The molecule has 0 spiro atoms. The highest BCUT2D eigenvalue weighted by Crippen LogP contribution is 2.09. The molecular formula is C15H17NO5S. The molecule has 118 valence electrons. The van der Waals surface area contributed by atoms with Crippen LogP contribution in [0.3, 0.4) is 0 Å². The summed E-state index contributed by atoms with van der Waals surface area (Å²) in [7, 11) is -3.97. The van der Waals surface area contributed by atoms with E-state index in [0.717, 1.165) is 0 Å². The maximum Gasteiger partial charge on any atom is 0.265 e. The predicted octanol–water partition coefficient (Wildman–Crippen LogP) is 0.788. The minimum atomic E-state index is -3.97. The summed E-state index contributed by atoms with van der Waals surface area (Å²) >= 11 is 0. The number of amides is 1. The van der Waals surface area contributed by atoms with Crippen LogP contribution in [0.2, 0.25) is 0 Å². The second-order valence-corrected chi connectivity index (χ2v) is 6.39. The number of hydrogen-bond acceptors (Lipinski definition) is 4. The molecule has 0 aromatic heterocycles. The van der Waals surface area contributed by atoms with Crippen molar-refractivity contribution in [2.45, 2.75) is 6.42 Å². The van der Waals surface area contributed by atoms with E-state index in [1.165, 1.54) is 0 Å². The molecule has 7 heteroatoms. The first-order chi connectivity index (χ1) is 10.5. The lowest BCUT2D eigenvalue weighted by Gasteiger charge is -2.26. The predicted molar refractivity (Wildman–Crippen MR) is 81.1 cm³/mol. The maximum atomic E-state index is 12.2. The number of benzene rings is 1. The van der Waals surface area contributed by atoms with E-state index < -0.39 is 10.1 Å². The quantitative estimate of drug-likeness (QED) is 0.657. The molecule has 0 atom stereocenters. The van der Waals surface area contributed by atoms with Crippen molar-refractivity contribution in [1.29, 1.82) is 0 Å². The zero-order chi connectivity index (χ0) is 16.0. The first kappa shape index (κ1) is 16.5. The van der Waals surface area contributed by atoms with Crippen LogP contribution < -0.4 is 0 Å². The van der Waals surface area contributed by atoms with Crippen molar-refractivity contribution in [2.24, 2.45) is 0 Å². The summed E-state index contributed by atoms with van der Waals surface area (Å²) in [5.41, 5.74) is 1.28. The Hall–Kier alpha value is -1.88. The Bertz CT molecular complexity index is 679. The zero-order valence-corrected chi connectivity index (χ0v) is 12.8. The Labute approximate surface area is 129 Å². The van der Waals surface area contributed by atoms with E-state index in [0.29, 0.717) is 37.4 Å². The SMILES string of the molecule is O=C(c1ccc(C#CCCS(=O)(=O)O)cc1)N1CCOCC1. The van der Waals surface area contributed by atoms with Crippen molar-refractivity contribution in [3.63, 3.8) is 0 Å². The van der Waals surface area contributed by atoms with E-state index in [1.807, 2.05) is 0 Å². The first-order valence-electron chi connectivity index (χ1n) is 6.87. The highest BCUT2D eigenvalue weighted by Gasteiger charge is 2.17. The summed E-state index contributed by atoms with van der Waals surface area (Å²) < 4.78 is 34.9. The minimum Gasteiger partial charge on any atom is -0.378 e. The highest BCUT2D eigenvalue weighted by molar-refractivity contribution is 7.85. The summed E-state index contributed by atoms with van der Waals surface area (Å²) in [6, 6.07) is 6.83. The fourth-order valence-electron chi connectivity index (χ4n) is 1.99. The highest BCUT2D eigenvalue weighted by atomic mass is 32.2. The van der Waals surface area contributed by atoms with Gasteiger partial charge >= 0.3 is 0 Å². The molecule has 1 aromatic carbocycles. The second kappa shape index (κ2) is 7.40. The number of hydrogen-bond donors (Lipinski definition) is 1. The Kier molecular flexibility index (Phi) is 5.55. The van der Waals surface area contributed by atoms with Crippen molar-refractivity contribution >= 4 is 16.0 Å². The van der Waals surface area contributed by atoms with Gasteiger partial charge in [0.1, 0.15) is 0 Å². The van der Waals surface area contributed by atoms with Crippen molar-refractivity contribution in [3.8, 4) is 11.8 Å². The van der Waals surface area contributed by atoms with E-state index in [9.17, 15) is 13.2 Å². The average Bonchev–Trinajstić information content (AvgIpc) is 2.51. The Morgan fingerprint density at radius 1 is 1.23 bits per heavy atom. The summed E-state index contributed by atoms with van der Waals surface area (Å²) in [6.45, 7) is 2.30. The fraction of sp³-hybridized carbons (Fsp3) is 0.400. The van der Waals surface area contributed by atoms with Crippen LogP contribution in [0.5, 0.6) is 0 Å². The minimum absolute atomic E-state index is 0.0332. The number of rotatable bonds is 3. The molecule has 22 heavy (non-hydrogen) atoms. The van der Waals surface area contributed by atoms with Gasteiger partial charge in [0.15, 0.2) is 0 Å². The third-order valence-electron chi connectivity index (χ3n) is 3.15. The molecule has 0 saturated carbocycles. The van der Waals surface area contributed by atoms with Gasteiger partial charge in [-0.15, -0.1) is 0 Å². The largest absolute Gasteiger partial charge is 0.378 e. The zero-order valence-electron chi connectivity index (χ0n) is 12.0. The molecule has 2 rings (SSSR count). The monoisotopic (exact) mass is 323 g/mol. The molecule has 0 bridgehead atoms. The molecule has 0 radical (unpaired) electrons.